The van der Waals surface area contributed by atoms with Gasteiger partial charge in [-0.2, -0.15) is 0 Å². The zero-order valence-corrected chi connectivity index (χ0v) is 13.1. The molecule has 0 heterocycles. The summed E-state index contributed by atoms with van der Waals surface area (Å²) in [6.45, 7) is 0. The average Bonchev–Trinajstić information content (AvgIpc) is 2.55. The molecule has 0 aromatic rings. The van der Waals surface area contributed by atoms with Gasteiger partial charge < -0.3 is 9.47 Å². The summed E-state index contributed by atoms with van der Waals surface area (Å²) in [7, 11) is 2.68. The summed E-state index contributed by atoms with van der Waals surface area (Å²) >= 11 is 0. The van der Waals surface area contributed by atoms with Gasteiger partial charge in [-0.1, -0.05) is 19.3 Å². The summed E-state index contributed by atoms with van der Waals surface area (Å²) in [5.74, 6) is -0.483. The predicted octanol–water partition coefficient (Wildman–Crippen LogP) is 2.50. The van der Waals surface area contributed by atoms with E-state index in [1.807, 2.05) is 0 Å². The Kier molecular flexibility index (Phi) is 5.52. The Labute approximate surface area is 130 Å². The van der Waals surface area contributed by atoms with Crippen LogP contribution in [0.15, 0.2) is 23.2 Å². The van der Waals surface area contributed by atoms with E-state index in [-0.39, 0.29) is 47.4 Å². The maximum atomic E-state index is 12.2. The number of hydrogen-bond acceptors (Lipinski definition) is 5. The smallest absolute Gasteiger partial charge is 0.262 e. The second-order valence-electron chi connectivity index (χ2n) is 5.72. The molecular weight excluding hydrogens is 284 g/mol. The van der Waals surface area contributed by atoms with Crippen molar-refractivity contribution in [2.24, 2.45) is 5.92 Å². The molecule has 1 saturated carbocycles. The number of rotatable bonds is 6. The summed E-state index contributed by atoms with van der Waals surface area (Å²) in [5.41, 5.74) is 0.275. The first-order valence-electron chi connectivity index (χ1n) is 7.73. The van der Waals surface area contributed by atoms with Crippen molar-refractivity contribution < 1.29 is 23.9 Å². The highest BCUT2D eigenvalue weighted by molar-refractivity contribution is 6.21. The van der Waals surface area contributed by atoms with Crippen LogP contribution in [0.2, 0.25) is 0 Å². The van der Waals surface area contributed by atoms with E-state index in [0.717, 1.165) is 25.7 Å². The van der Waals surface area contributed by atoms with Crippen molar-refractivity contribution in [1.29, 1.82) is 0 Å². The minimum atomic E-state index is -0.440. The van der Waals surface area contributed by atoms with Gasteiger partial charge in [0.25, 0.3) is 5.78 Å². The molecule has 5 nitrogen and oxygen atoms in total. The Balaban J connectivity index is 2.05. The molecule has 0 spiro atoms. The van der Waals surface area contributed by atoms with Crippen LogP contribution < -0.4 is 0 Å². The fourth-order valence-electron chi connectivity index (χ4n) is 3.11. The SMILES string of the molecule is COC1=CC(=O)C(CCC(=O)C2CCCCC2)=C(OC)C1=O. The van der Waals surface area contributed by atoms with Crippen molar-refractivity contribution in [1.82, 2.24) is 0 Å². The summed E-state index contributed by atoms with van der Waals surface area (Å²) in [6, 6.07) is 0. The van der Waals surface area contributed by atoms with E-state index in [1.165, 1.54) is 26.7 Å². The third kappa shape index (κ3) is 3.46. The number of Topliss-reactive ketones (excluding diaryl/α,β-unsaturated/α-hetero) is 2. The highest BCUT2D eigenvalue weighted by Gasteiger charge is 2.31. The molecule has 2 aliphatic carbocycles. The standard InChI is InChI=1S/C17H22O5/c1-21-15-10-14(19)12(17(22-2)16(15)20)8-9-13(18)11-6-4-3-5-7-11/h10-11H,3-9H2,1-2H3. The van der Waals surface area contributed by atoms with Crippen molar-refractivity contribution in [2.45, 2.75) is 44.9 Å². The fraction of sp³-hybridized carbons (Fsp3) is 0.588. The van der Waals surface area contributed by atoms with Crippen molar-refractivity contribution >= 4 is 17.3 Å². The van der Waals surface area contributed by atoms with Gasteiger partial charge in [0.05, 0.1) is 14.2 Å². The molecule has 0 amide bonds. The number of allylic oxidation sites excluding steroid dienone is 2. The van der Waals surface area contributed by atoms with Gasteiger partial charge in [0.1, 0.15) is 5.78 Å². The lowest BCUT2D eigenvalue weighted by Crippen LogP contribution is -2.23. The van der Waals surface area contributed by atoms with Gasteiger partial charge in [0.2, 0.25) is 0 Å². The van der Waals surface area contributed by atoms with Crippen LogP contribution in [0.1, 0.15) is 44.9 Å². The molecule has 0 aliphatic heterocycles. The van der Waals surface area contributed by atoms with Crippen LogP contribution in [0.5, 0.6) is 0 Å². The Morgan fingerprint density at radius 3 is 2.41 bits per heavy atom. The lowest BCUT2D eigenvalue weighted by atomic mass is 9.84. The van der Waals surface area contributed by atoms with E-state index < -0.39 is 5.78 Å². The Bertz CT molecular complexity index is 535. The molecule has 0 N–H and O–H groups in total. The Morgan fingerprint density at radius 1 is 1.14 bits per heavy atom. The third-order valence-electron chi connectivity index (χ3n) is 4.37. The molecule has 0 saturated heterocycles. The normalized spacial score (nSPS) is 20.0. The van der Waals surface area contributed by atoms with E-state index in [2.05, 4.69) is 0 Å². The molecular formula is C17H22O5. The topological polar surface area (TPSA) is 69.7 Å². The van der Waals surface area contributed by atoms with Gasteiger partial charge in [0, 0.05) is 24.0 Å². The first kappa shape index (κ1) is 16.5. The number of ketones is 3. The average molecular weight is 306 g/mol. The van der Waals surface area contributed by atoms with Gasteiger partial charge in [-0.3, -0.25) is 14.4 Å². The molecule has 2 rings (SSSR count). The summed E-state index contributed by atoms with van der Waals surface area (Å²) in [6.07, 6.45) is 6.97. The zero-order chi connectivity index (χ0) is 16.1. The van der Waals surface area contributed by atoms with Crippen LogP contribution in [0.4, 0.5) is 0 Å². The lowest BCUT2D eigenvalue weighted by Gasteiger charge is -2.21. The highest BCUT2D eigenvalue weighted by atomic mass is 16.5. The molecule has 5 heteroatoms. The highest BCUT2D eigenvalue weighted by Crippen LogP contribution is 2.28. The zero-order valence-electron chi connectivity index (χ0n) is 13.1. The minimum absolute atomic E-state index is 0.000735. The quantitative estimate of drug-likeness (QED) is 0.705. The van der Waals surface area contributed by atoms with Crippen LogP contribution in [0.3, 0.4) is 0 Å². The van der Waals surface area contributed by atoms with E-state index in [0.29, 0.717) is 0 Å². The molecule has 0 aromatic carbocycles. The molecule has 0 aromatic heterocycles. The predicted molar refractivity (Wildman–Crippen MR) is 80.0 cm³/mol. The summed E-state index contributed by atoms with van der Waals surface area (Å²) < 4.78 is 9.96. The molecule has 0 unspecified atom stereocenters. The molecule has 120 valence electrons. The van der Waals surface area contributed by atoms with E-state index >= 15 is 0 Å². The van der Waals surface area contributed by atoms with E-state index in [4.69, 9.17) is 9.47 Å². The van der Waals surface area contributed by atoms with Crippen LogP contribution in [-0.2, 0) is 23.9 Å². The minimum Gasteiger partial charge on any atom is -0.492 e. The number of carbonyl (C=O) groups excluding carboxylic acids is 3. The van der Waals surface area contributed by atoms with Crippen LogP contribution in [0.25, 0.3) is 0 Å². The van der Waals surface area contributed by atoms with Crippen molar-refractivity contribution in [3.63, 3.8) is 0 Å². The third-order valence-corrected chi connectivity index (χ3v) is 4.37. The second kappa shape index (κ2) is 7.38. The van der Waals surface area contributed by atoms with Crippen molar-refractivity contribution in [3.05, 3.63) is 23.2 Å². The first-order chi connectivity index (χ1) is 10.6. The van der Waals surface area contributed by atoms with Gasteiger partial charge in [-0.05, 0) is 19.3 Å². The van der Waals surface area contributed by atoms with Crippen molar-refractivity contribution in [3.8, 4) is 0 Å². The molecule has 0 radical (unpaired) electrons. The summed E-state index contributed by atoms with van der Waals surface area (Å²) in [4.78, 5) is 36.4. The van der Waals surface area contributed by atoms with Gasteiger partial charge in [0.15, 0.2) is 17.3 Å². The van der Waals surface area contributed by atoms with Crippen LogP contribution in [-0.4, -0.2) is 31.6 Å². The maximum Gasteiger partial charge on any atom is 0.262 e. The second-order valence-corrected chi connectivity index (χ2v) is 5.72. The monoisotopic (exact) mass is 306 g/mol. The molecule has 22 heavy (non-hydrogen) atoms. The van der Waals surface area contributed by atoms with Crippen LogP contribution in [0, 0.1) is 5.92 Å². The largest absolute Gasteiger partial charge is 0.492 e. The first-order valence-corrected chi connectivity index (χ1v) is 7.73. The molecule has 1 fully saturated rings. The maximum absolute atomic E-state index is 12.2. The number of ether oxygens (including phenoxy) is 2. The molecule has 2 aliphatic rings. The van der Waals surface area contributed by atoms with Crippen LogP contribution >= 0.6 is 0 Å². The number of methoxy groups -OCH3 is 2. The number of carbonyl (C=O) groups is 3. The van der Waals surface area contributed by atoms with Gasteiger partial charge in [-0.15, -0.1) is 0 Å². The Morgan fingerprint density at radius 2 is 1.82 bits per heavy atom. The van der Waals surface area contributed by atoms with Crippen molar-refractivity contribution in [2.75, 3.05) is 14.2 Å². The Hall–Kier alpha value is -1.91. The summed E-state index contributed by atoms with van der Waals surface area (Å²) in [5, 5.41) is 0. The van der Waals surface area contributed by atoms with Gasteiger partial charge in [-0.25, -0.2) is 0 Å². The fourth-order valence-corrected chi connectivity index (χ4v) is 3.11. The van der Waals surface area contributed by atoms with Gasteiger partial charge >= 0.3 is 0 Å². The van der Waals surface area contributed by atoms with E-state index in [1.54, 1.807) is 0 Å². The molecule has 0 bridgehead atoms. The van der Waals surface area contributed by atoms with E-state index in [9.17, 15) is 14.4 Å². The lowest BCUT2D eigenvalue weighted by molar-refractivity contribution is -0.124. The number of hydrogen-bond donors (Lipinski definition) is 0. The molecule has 0 atom stereocenters.